The zero-order valence-corrected chi connectivity index (χ0v) is 12.2. The maximum Gasteiger partial charge on any atom is 0.220 e. The normalized spacial score (nSPS) is 35.3. The second kappa shape index (κ2) is 6.28. The van der Waals surface area contributed by atoms with Crippen molar-refractivity contribution in [3.8, 4) is 0 Å². The molecule has 0 saturated heterocycles. The Labute approximate surface area is 117 Å². The van der Waals surface area contributed by atoms with Crippen LogP contribution < -0.4 is 5.32 Å². The SMILES string of the molecule is O=C(CCC1CC2CCCC(C2)C1)NC1CCCC1. The van der Waals surface area contributed by atoms with E-state index < -0.39 is 0 Å². The molecule has 0 heterocycles. The molecule has 3 rings (SSSR count). The average Bonchev–Trinajstić information content (AvgIpc) is 2.89. The van der Waals surface area contributed by atoms with Gasteiger partial charge in [0, 0.05) is 12.5 Å². The highest BCUT2D eigenvalue weighted by Crippen LogP contribution is 2.43. The van der Waals surface area contributed by atoms with Gasteiger partial charge in [-0.15, -0.1) is 0 Å². The minimum atomic E-state index is 0.322. The van der Waals surface area contributed by atoms with E-state index in [9.17, 15) is 4.79 Å². The summed E-state index contributed by atoms with van der Waals surface area (Å²) in [5, 5.41) is 3.23. The van der Waals surface area contributed by atoms with Gasteiger partial charge in [-0.2, -0.15) is 0 Å². The Balaban J connectivity index is 1.38. The Morgan fingerprint density at radius 3 is 2.26 bits per heavy atom. The molecule has 1 N–H and O–H groups in total. The van der Waals surface area contributed by atoms with E-state index in [1.54, 1.807) is 0 Å². The monoisotopic (exact) mass is 263 g/mol. The van der Waals surface area contributed by atoms with Crippen LogP contribution in [-0.2, 0) is 4.79 Å². The first-order valence-electron chi connectivity index (χ1n) is 8.59. The fourth-order valence-corrected chi connectivity index (χ4v) is 4.81. The molecule has 2 heteroatoms. The van der Waals surface area contributed by atoms with Gasteiger partial charge in [0.25, 0.3) is 0 Å². The number of carbonyl (C=O) groups excluding carboxylic acids is 1. The molecule has 3 aliphatic carbocycles. The molecule has 108 valence electrons. The summed E-state index contributed by atoms with van der Waals surface area (Å²) in [6.45, 7) is 0. The lowest BCUT2D eigenvalue weighted by Gasteiger charge is -2.39. The summed E-state index contributed by atoms with van der Waals surface area (Å²) < 4.78 is 0. The molecule has 0 aromatic heterocycles. The van der Waals surface area contributed by atoms with Crippen molar-refractivity contribution >= 4 is 5.91 Å². The van der Waals surface area contributed by atoms with Gasteiger partial charge in [-0.25, -0.2) is 0 Å². The zero-order valence-electron chi connectivity index (χ0n) is 12.2. The number of rotatable bonds is 4. The molecule has 0 aromatic rings. The van der Waals surface area contributed by atoms with Gasteiger partial charge in [0.15, 0.2) is 0 Å². The van der Waals surface area contributed by atoms with E-state index in [4.69, 9.17) is 0 Å². The summed E-state index contributed by atoms with van der Waals surface area (Å²) in [4.78, 5) is 12.0. The predicted octanol–water partition coefficient (Wildman–Crippen LogP) is 4.04. The van der Waals surface area contributed by atoms with Gasteiger partial charge >= 0.3 is 0 Å². The van der Waals surface area contributed by atoms with Gasteiger partial charge in [0.2, 0.25) is 5.91 Å². The highest BCUT2D eigenvalue weighted by molar-refractivity contribution is 5.76. The maximum atomic E-state index is 12.0. The average molecular weight is 263 g/mol. The fraction of sp³-hybridized carbons (Fsp3) is 0.941. The first-order chi connectivity index (χ1) is 9.29. The fourth-order valence-electron chi connectivity index (χ4n) is 4.81. The van der Waals surface area contributed by atoms with Gasteiger partial charge < -0.3 is 5.32 Å². The van der Waals surface area contributed by atoms with Gasteiger partial charge in [0.1, 0.15) is 0 Å². The van der Waals surface area contributed by atoms with E-state index in [1.807, 2.05) is 0 Å². The maximum absolute atomic E-state index is 12.0. The third kappa shape index (κ3) is 3.73. The molecule has 2 bridgehead atoms. The molecule has 1 amide bonds. The van der Waals surface area contributed by atoms with Crippen LogP contribution in [0.2, 0.25) is 0 Å². The lowest BCUT2D eigenvalue weighted by Crippen LogP contribution is -2.33. The smallest absolute Gasteiger partial charge is 0.220 e. The van der Waals surface area contributed by atoms with Gasteiger partial charge in [-0.1, -0.05) is 32.1 Å². The second-order valence-electron chi connectivity index (χ2n) is 7.32. The van der Waals surface area contributed by atoms with Gasteiger partial charge in [-0.3, -0.25) is 4.79 Å². The Hall–Kier alpha value is -0.530. The molecular weight excluding hydrogens is 234 g/mol. The molecule has 0 aromatic carbocycles. The molecule has 2 unspecified atom stereocenters. The van der Waals surface area contributed by atoms with Crippen LogP contribution in [0.1, 0.15) is 77.0 Å². The third-order valence-corrected chi connectivity index (χ3v) is 5.72. The van der Waals surface area contributed by atoms with Gasteiger partial charge in [0.05, 0.1) is 0 Å². The quantitative estimate of drug-likeness (QED) is 0.815. The number of carbonyl (C=O) groups is 1. The van der Waals surface area contributed by atoms with E-state index in [0.29, 0.717) is 11.9 Å². The number of hydrogen-bond acceptors (Lipinski definition) is 1. The highest BCUT2D eigenvalue weighted by Gasteiger charge is 2.31. The molecule has 0 aliphatic heterocycles. The molecule has 3 fully saturated rings. The summed E-state index contributed by atoms with van der Waals surface area (Å²) in [6, 6.07) is 0.498. The minimum absolute atomic E-state index is 0.322. The number of hydrogen-bond donors (Lipinski definition) is 1. The molecule has 0 radical (unpaired) electrons. The van der Waals surface area contributed by atoms with E-state index in [2.05, 4.69) is 5.32 Å². The van der Waals surface area contributed by atoms with E-state index in [0.717, 1.165) is 30.6 Å². The number of nitrogens with one attached hydrogen (secondary N) is 1. The van der Waals surface area contributed by atoms with Crippen LogP contribution in [-0.4, -0.2) is 11.9 Å². The minimum Gasteiger partial charge on any atom is -0.353 e. The van der Waals surface area contributed by atoms with Gasteiger partial charge in [-0.05, 0) is 56.3 Å². The molecular formula is C17H29NO. The lowest BCUT2D eigenvalue weighted by molar-refractivity contribution is -0.122. The van der Waals surface area contributed by atoms with Crippen molar-refractivity contribution in [1.29, 1.82) is 0 Å². The molecule has 3 aliphatic rings. The standard InChI is InChI=1S/C17H29NO/c19-17(18-16-6-1-2-7-16)9-8-15-11-13-4-3-5-14(10-13)12-15/h13-16H,1-12H2,(H,18,19). The van der Waals surface area contributed by atoms with Crippen molar-refractivity contribution in [1.82, 2.24) is 5.32 Å². The van der Waals surface area contributed by atoms with Crippen molar-refractivity contribution in [3.05, 3.63) is 0 Å². The van der Waals surface area contributed by atoms with Crippen LogP contribution in [0.5, 0.6) is 0 Å². The van der Waals surface area contributed by atoms with E-state index in [1.165, 1.54) is 64.2 Å². The van der Waals surface area contributed by atoms with Crippen molar-refractivity contribution in [2.45, 2.75) is 83.1 Å². The molecule has 0 spiro atoms. The highest BCUT2D eigenvalue weighted by atomic mass is 16.1. The largest absolute Gasteiger partial charge is 0.353 e. The molecule has 2 nitrogen and oxygen atoms in total. The first-order valence-corrected chi connectivity index (χ1v) is 8.59. The summed E-state index contributed by atoms with van der Waals surface area (Å²) in [6.07, 6.45) is 15.6. The van der Waals surface area contributed by atoms with Crippen molar-refractivity contribution in [2.75, 3.05) is 0 Å². The van der Waals surface area contributed by atoms with Crippen molar-refractivity contribution < 1.29 is 4.79 Å². The van der Waals surface area contributed by atoms with Crippen LogP contribution in [0, 0.1) is 17.8 Å². The van der Waals surface area contributed by atoms with Crippen molar-refractivity contribution in [3.63, 3.8) is 0 Å². The van der Waals surface area contributed by atoms with E-state index in [-0.39, 0.29) is 0 Å². The van der Waals surface area contributed by atoms with Crippen LogP contribution in [0.3, 0.4) is 0 Å². The topological polar surface area (TPSA) is 29.1 Å². The summed E-state index contributed by atoms with van der Waals surface area (Å²) in [7, 11) is 0. The van der Waals surface area contributed by atoms with Crippen LogP contribution >= 0.6 is 0 Å². The lowest BCUT2D eigenvalue weighted by atomic mass is 9.67. The molecule has 19 heavy (non-hydrogen) atoms. The summed E-state index contributed by atoms with van der Waals surface area (Å²) in [5.74, 6) is 3.16. The third-order valence-electron chi connectivity index (χ3n) is 5.72. The summed E-state index contributed by atoms with van der Waals surface area (Å²) in [5.41, 5.74) is 0. The number of amides is 1. The Bertz CT molecular complexity index is 296. The summed E-state index contributed by atoms with van der Waals surface area (Å²) >= 11 is 0. The van der Waals surface area contributed by atoms with Crippen LogP contribution in [0.4, 0.5) is 0 Å². The Morgan fingerprint density at radius 1 is 0.895 bits per heavy atom. The van der Waals surface area contributed by atoms with Crippen molar-refractivity contribution in [2.24, 2.45) is 17.8 Å². The zero-order chi connectivity index (χ0) is 13.1. The Kier molecular flexibility index (Phi) is 4.45. The molecule has 2 atom stereocenters. The van der Waals surface area contributed by atoms with Crippen LogP contribution in [0.25, 0.3) is 0 Å². The Morgan fingerprint density at radius 2 is 1.58 bits per heavy atom. The molecule has 3 saturated carbocycles. The second-order valence-corrected chi connectivity index (χ2v) is 7.32. The van der Waals surface area contributed by atoms with Crippen LogP contribution in [0.15, 0.2) is 0 Å². The first kappa shape index (κ1) is 13.5. The predicted molar refractivity (Wildman–Crippen MR) is 77.8 cm³/mol. The number of fused-ring (bicyclic) bond motifs is 2. The van der Waals surface area contributed by atoms with E-state index >= 15 is 0 Å².